The van der Waals surface area contributed by atoms with Crippen LogP contribution >= 0.6 is 24.0 Å². The second-order valence-electron chi connectivity index (χ2n) is 6.08. The van der Waals surface area contributed by atoms with Crippen molar-refractivity contribution in [3.8, 4) is 0 Å². The van der Waals surface area contributed by atoms with Crippen LogP contribution in [0.4, 0.5) is 0 Å². The lowest BCUT2D eigenvalue weighted by molar-refractivity contribution is 0.138. The van der Waals surface area contributed by atoms with Crippen molar-refractivity contribution in [1.29, 1.82) is 0 Å². The highest BCUT2D eigenvalue weighted by Crippen LogP contribution is 2.40. The molecular weight excluding hydrogens is 405 g/mol. The molecule has 0 aliphatic heterocycles. The fourth-order valence-electron chi connectivity index (χ4n) is 3.13. The Kier molecular flexibility index (Phi) is 9.62. The molecule has 1 fully saturated rings. The van der Waals surface area contributed by atoms with Gasteiger partial charge in [0, 0.05) is 26.8 Å². The average Bonchev–Trinajstić information content (AvgIpc) is 3.20. The molecule has 2 rings (SSSR count). The van der Waals surface area contributed by atoms with E-state index in [4.69, 9.17) is 9.15 Å². The molecule has 0 bridgehead atoms. The second kappa shape index (κ2) is 10.9. The maximum atomic E-state index is 5.33. The van der Waals surface area contributed by atoms with Crippen molar-refractivity contribution in [2.75, 3.05) is 26.8 Å². The highest BCUT2D eigenvalue weighted by molar-refractivity contribution is 14.0. The van der Waals surface area contributed by atoms with Crippen molar-refractivity contribution >= 4 is 29.9 Å². The number of methoxy groups -OCH3 is 1. The summed E-state index contributed by atoms with van der Waals surface area (Å²) < 4.78 is 10.6. The summed E-state index contributed by atoms with van der Waals surface area (Å²) in [5.41, 5.74) is 0.358. The topological polar surface area (TPSA) is 58.8 Å². The molecule has 2 N–H and O–H groups in total. The fourth-order valence-corrected chi connectivity index (χ4v) is 3.13. The summed E-state index contributed by atoms with van der Waals surface area (Å²) in [6, 6.07) is 3.84. The van der Waals surface area contributed by atoms with Crippen LogP contribution in [0.1, 0.15) is 44.8 Å². The van der Waals surface area contributed by atoms with Crippen molar-refractivity contribution < 1.29 is 9.15 Å². The van der Waals surface area contributed by atoms with Crippen LogP contribution in [0, 0.1) is 5.41 Å². The maximum Gasteiger partial charge on any atom is 0.191 e. The minimum atomic E-state index is 0. The monoisotopic (exact) mass is 435 g/mol. The first-order valence-electron chi connectivity index (χ1n) is 8.31. The van der Waals surface area contributed by atoms with Gasteiger partial charge in [0.15, 0.2) is 5.96 Å². The van der Waals surface area contributed by atoms with Crippen molar-refractivity contribution in [2.45, 2.75) is 45.6 Å². The van der Waals surface area contributed by atoms with Crippen LogP contribution in [0.3, 0.4) is 0 Å². The summed E-state index contributed by atoms with van der Waals surface area (Å²) in [6.45, 7) is 5.30. The summed E-state index contributed by atoms with van der Waals surface area (Å²) in [5, 5.41) is 6.82. The molecule has 0 amide bonds. The Balaban J connectivity index is 0.00000264. The summed E-state index contributed by atoms with van der Waals surface area (Å²) >= 11 is 0. The third kappa shape index (κ3) is 6.71. The molecular formula is C17H30IN3O2. The van der Waals surface area contributed by atoms with Crippen molar-refractivity contribution in [2.24, 2.45) is 10.4 Å². The van der Waals surface area contributed by atoms with Crippen molar-refractivity contribution in [3.63, 3.8) is 0 Å². The van der Waals surface area contributed by atoms with Gasteiger partial charge in [-0.2, -0.15) is 0 Å². The van der Waals surface area contributed by atoms with Gasteiger partial charge in [0.2, 0.25) is 0 Å². The van der Waals surface area contributed by atoms with Gasteiger partial charge >= 0.3 is 0 Å². The first-order valence-corrected chi connectivity index (χ1v) is 8.31. The standard InChI is InChI=1S/C17H29N3O2.HI/c1-3-18-16(19-13-15-7-6-11-22-15)20-14-17(10-12-21-2)8-4-5-9-17;/h6-7,11H,3-5,8-10,12-14H2,1-2H3,(H2,18,19,20);1H. The van der Waals surface area contributed by atoms with Gasteiger partial charge in [-0.25, -0.2) is 4.99 Å². The normalized spacial score (nSPS) is 16.9. The maximum absolute atomic E-state index is 5.33. The number of furan rings is 1. The quantitative estimate of drug-likeness (QED) is 0.373. The van der Waals surface area contributed by atoms with Crippen LogP contribution in [-0.2, 0) is 11.3 Å². The molecule has 1 aromatic rings. The summed E-state index contributed by atoms with van der Waals surface area (Å²) in [7, 11) is 1.78. The van der Waals surface area contributed by atoms with E-state index < -0.39 is 0 Å². The zero-order valence-electron chi connectivity index (χ0n) is 14.3. The number of hydrogen-bond donors (Lipinski definition) is 2. The van der Waals surface area contributed by atoms with Gasteiger partial charge in [-0.3, -0.25) is 0 Å². The lowest BCUT2D eigenvalue weighted by atomic mass is 9.83. The summed E-state index contributed by atoms with van der Waals surface area (Å²) in [5.74, 6) is 1.75. The van der Waals surface area contributed by atoms with Crippen LogP contribution in [0.15, 0.2) is 27.8 Å². The number of aliphatic imine (C=N–C) groups is 1. The first kappa shape index (κ1) is 20.3. The van der Waals surface area contributed by atoms with Gasteiger partial charge in [0.25, 0.3) is 0 Å². The predicted octanol–water partition coefficient (Wildman–Crippen LogP) is 3.55. The molecule has 1 heterocycles. The highest BCUT2D eigenvalue weighted by atomic mass is 127. The molecule has 23 heavy (non-hydrogen) atoms. The van der Waals surface area contributed by atoms with Gasteiger partial charge in [-0.15, -0.1) is 24.0 Å². The van der Waals surface area contributed by atoms with Crippen molar-refractivity contribution in [3.05, 3.63) is 24.2 Å². The van der Waals surface area contributed by atoms with E-state index in [1.807, 2.05) is 12.1 Å². The molecule has 1 aliphatic rings. The Morgan fingerprint density at radius 2 is 2.13 bits per heavy atom. The molecule has 0 unspecified atom stereocenters. The van der Waals surface area contributed by atoms with Gasteiger partial charge in [0.1, 0.15) is 12.3 Å². The van der Waals surface area contributed by atoms with Gasteiger partial charge in [0.05, 0.1) is 6.26 Å². The van der Waals surface area contributed by atoms with E-state index in [0.29, 0.717) is 12.0 Å². The Hall–Kier alpha value is -0.760. The molecule has 0 aromatic carbocycles. The van der Waals surface area contributed by atoms with Crippen LogP contribution in [0.25, 0.3) is 0 Å². The third-order valence-corrected chi connectivity index (χ3v) is 4.45. The van der Waals surface area contributed by atoms with E-state index in [2.05, 4.69) is 22.5 Å². The average molecular weight is 435 g/mol. The molecule has 0 radical (unpaired) electrons. The van der Waals surface area contributed by atoms with Gasteiger partial charge in [-0.05, 0) is 43.7 Å². The van der Waals surface area contributed by atoms with E-state index in [1.54, 1.807) is 13.4 Å². The number of hydrogen-bond acceptors (Lipinski definition) is 3. The number of halogens is 1. The smallest absolute Gasteiger partial charge is 0.191 e. The minimum Gasteiger partial charge on any atom is -0.467 e. The molecule has 5 nitrogen and oxygen atoms in total. The molecule has 6 heteroatoms. The minimum absolute atomic E-state index is 0. The molecule has 132 valence electrons. The number of rotatable bonds is 8. The molecule has 1 aliphatic carbocycles. The number of ether oxygens (including phenoxy) is 1. The Morgan fingerprint density at radius 1 is 1.35 bits per heavy atom. The van der Waals surface area contributed by atoms with Gasteiger partial charge in [-0.1, -0.05) is 12.8 Å². The van der Waals surface area contributed by atoms with Crippen LogP contribution < -0.4 is 10.6 Å². The van der Waals surface area contributed by atoms with Crippen LogP contribution in [0.2, 0.25) is 0 Å². The first-order chi connectivity index (χ1) is 10.8. The van der Waals surface area contributed by atoms with E-state index >= 15 is 0 Å². The Labute approximate surface area is 156 Å². The lowest BCUT2D eigenvalue weighted by Crippen LogP contribution is -2.43. The predicted molar refractivity (Wildman–Crippen MR) is 104 cm³/mol. The number of nitrogens with one attached hydrogen (secondary N) is 2. The van der Waals surface area contributed by atoms with Crippen LogP contribution in [0.5, 0.6) is 0 Å². The van der Waals surface area contributed by atoms with E-state index in [9.17, 15) is 0 Å². The van der Waals surface area contributed by atoms with E-state index in [-0.39, 0.29) is 24.0 Å². The molecule has 1 aromatic heterocycles. The molecule has 0 atom stereocenters. The lowest BCUT2D eigenvalue weighted by Gasteiger charge is -2.29. The molecule has 0 saturated heterocycles. The number of guanidine groups is 1. The second-order valence-corrected chi connectivity index (χ2v) is 6.08. The Bertz CT molecular complexity index is 443. The zero-order valence-corrected chi connectivity index (χ0v) is 16.6. The summed E-state index contributed by atoms with van der Waals surface area (Å²) in [4.78, 5) is 4.60. The zero-order chi connectivity index (χ0) is 15.7. The highest BCUT2D eigenvalue weighted by Gasteiger charge is 2.33. The largest absolute Gasteiger partial charge is 0.467 e. The SMILES string of the molecule is CCNC(=NCc1ccco1)NCC1(CCOC)CCCC1.I. The van der Waals surface area contributed by atoms with Crippen LogP contribution in [-0.4, -0.2) is 32.8 Å². The van der Waals surface area contributed by atoms with E-state index in [0.717, 1.165) is 37.8 Å². The van der Waals surface area contributed by atoms with Gasteiger partial charge < -0.3 is 19.8 Å². The summed E-state index contributed by atoms with van der Waals surface area (Å²) in [6.07, 6.45) is 8.01. The van der Waals surface area contributed by atoms with Crippen molar-refractivity contribution in [1.82, 2.24) is 10.6 Å². The molecule has 1 saturated carbocycles. The van der Waals surface area contributed by atoms with E-state index in [1.165, 1.54) is 25.7 Å². The third-order valence-electron chi connectivity index (χ3n) is 4.45. The Morgan fingerprint density at radius 3 is 2.74 bits per heavy atom. The number of nitrogens with zero attached hydrogens (tertiary/aromatic N) is 1. The molecule has 0 spiro atoms. The fraction of sp³-hybridized carbons (Fsp3) is 0.706.